The number of carbonyl (C=O) groups excluding carboxylic acids is 2. The molecule has 3 heterocycles. The molecule has 2 unspecified atom stereocenters. The van der Waals surface area contributed by atoms with Crippen molar-refractivity contribution in [3.63, 3.8) is 0 Å². The van der Waals surface area contributed by atoms with Gasteiger partial charge in [0.2, 0.25) is 12.3 Å². The quantitative estimate of drug-likeness (QED) is 0.588. The van der Waals surface area contributed by atoms with Crippen molar-refractivity contribution >= 4 is 23.2 Å². The molecule has 0 spiro atoms. The molecule has 2 aromatic rings. The number of amides is 2. The van der Waals surface area contributed by atoms with Crippen LogP contribution in [0.15, 0.2) is 30.3 Å². The zero-order valence-electron chi connectivity index (χ0n) is 19.0. The van der Waals surface area contributed by atoms with Gasteiger partial charge in [0, 0.05) is 45.8 Å². The predicted molar refractivity (Wildman–Crippen MR) is 123 cm³/mol. The van der Waals surface area contributed by atoms with E-state index in [4.69, 9.17) is 0 Å². The summed E-state index contributed by atoms with van der Waals surface area (Å²) in [7, 11) is 1.48. The Balaban J connectivity index is 1.43. The second-order valence-electron chi connectivity index (χ2n) is 8.20. The molecule has 0 aliphatic carbocycles. The smallest absolute Gasteiger partial charge is 0.269 e. The molecule has 0 saturated carbocycles. The van der Waals surface area contributed by atoms with Gasteiger partial charge >= 0.3 is 0 Å². The number of nitrogens with one attached hydrogen (secondary N) is 2. The molecule has 176 valence electrons. The van der Waals surface area contributed by atoms with Gasteiger partial charge in [0.05, 0.1) is 16.9 Å². The average molecular weight is 457 g/mol. The first kappa shape index (κ1) is 22.9. The number of hydrogen-bond acceptors (Lipinski definition) is 7. The minimum Gasteiger partial charge on any atom is -0.365 e. The van der Waals surface area contributed by atoms with Gasteiger partial charge in [-0.15, -0.1) is 0 Å². The van der Waals surface area contributed by atoms with Gasteiger partial charge in [0.15, 0.2) is 0 Å². The third-order valence-electron chi connectivity index (χ3n) is 6.43. The summed E-state index contributed by atoms with van der Waals surface area (Å²) >= 11 is 0. The standard InChI is InChI=1S/C23H29FN6O3/c1-4-30-22(32)16-6-5-15(13-18(16)27-23(30)33)14(2)28-9-11-29(12-10-28)19-8-7-17(21(31)25-3)26-20(19)24/h5-8,13-14,23,27,33H,4,9-12H2,1-3H3,(H,25,31). The van der Waals surface area contributed by atoms with E-state index < -0.39 is 18.2 Å². The molecule has 1 saturated heterocycles. The maximum Gasteiger partial charge on any atom is 0.269 e. The fourth-order valence-corrected chi connectivity index (χ4v) is 4.41. The third kappa shape index (κ3) is 4.36. The molecule has 1 aromatic heterocycles. The van der Waals surface area contributed by atoms with E-state index >= 15 is 0 Å². The number of piperazine rings is 1. The van der Waals surface area contributed by atoms with E-state index in [1.54, 1.807) is 12.1 Å². The number of fused-ring (bicyclic) bond motifs is 1. The molecule has 3 N–H and O–H groups in total. The molecule has 1 fully saturated rings. The number of benzene rings is 1. The minimum atomic E-state index is -1.04. The number of halogens is 1. The largest absolute Gasteiger partial charge is 0.365 e. The van der Waals surface area contributed by atoms with Crippen molar-refractivity contribution in [3.8, 4) is 0 Å². The van der Waals surface area contributed by atoms with Crippen molar-refractivity contribution in [2.45, 2.75) is 26.2 Å². The molecule has 0 radical (unpaired) electrons. The maximum atomic E-state index is 14.5. The predicted octanol–water partition coefficient (Wildman–Crippen LogP) is 1.63. The number of rotatable bonds is 5. The Hall–Kier alpha value is -3.24. The van der Waals surface area contributed by atoms with E-state index in [9.17, 15) is 19.1 Å². The van der Waals surface area contributed by atoms with Crippen LogP contribution in [0.5, 0.6) is 0 Å². The van der Waals surface area contributed by atoms with Gasteiger partial charge in [-0.2, -0.15) is 4.39 Å². The third-order valence-corrected chi connectivity index (χ3v) is 6.43. The first-order valence-electron chi connectivity index (χ1n) is 11.1. The number of carbonyl (C=O) groups is 2. The number of anilines is 2. The van der Waals surface area contributed by atoms with Crippen molar-refractivity contribution in [3.05, 3.63) is 53.1 Å². The summed E-state index contributed by atoms with van der Waals surface area (Å²) in [6.07, 6.45) is -1.04. The van der Waals surface area contributed by atoms with E-state index in [0.717, 1.165) is 5.56 Å². The lowest BCUT2D eigenvalue weighted by Crippen LogP contribution is -2.49. The normalized spacial score (nSPS) is 19.7. The van der Waals surface area contributed by atoms with Crippen LogP contribution >= 0.6 is 0 Å². The highest BCUT2D eigenvalue weighted by Gasteiger charge is 2.31. The fraction of sp³-hybridized carbons (Fsp3) is 0.435. The van der Waals surface area contributed by atoms with Crippen molar-refractivity contribution in [1.29, 1.82) is 0 Å². The molecule has 2 aliphatic rings. The summed E-state index contributed by atoms with van der Waals surface area (Å²) in [6, 6.07) is 8.87. The molecule has 4 rings (SSSR count). The topological polar surface area (TPSA) is 101 Å². The first-order valence-corrected chi connectivity index (χ1v) is 11.1. The Morgan fingerprint density at radius 3 is 2.64 bits per heavy atom. The van der Waals surface area contributed by atoms with Gasteiger partial charge in [-0.3, -0.25) is 19.4 Å². The van der Waals surface area contributed by atoms with Crippen LogP contribution in [0.3, 0.4) is 0 Å². The summed E-state index contributed by atoms with van der Waals surface area (Å²) in [5.41, 5.74) is 2.65. The van der Waals surface area contributed by atoms with Crippen molar-refractivity contribution in [2.24, 2.45) is 0 Å². The van der Waals surface area contributed by atoms with Crippen LogP contribution in [0.4, 0.5) is 15.8 Å². The molecule has 2 atom stereocenters. The molecule has 2 aliphatic heterocycles. The molecule has 9 nitrogen and oxygen atoms in total. The lowest BCUT2D eigenvalue weighted by molar-refractivity contribution is 0.0210. The monoisotopic (exact) mass is 456 g/mol. The molecule has 10 heteroatoms. The Labute approximate surface area is 192 Å². The SMILES string of the molecule is CCN1C(=O)c2ccc(C(C)N3CCN(c4ccc(C(=O)NC)nc4F)CC3)cc2NC1O. The van der Waals surface area contributed by atoms with Gasteiger partial charge in [-0.1, -0.05) is 6.07 Å². The molecule has 1 aromatic carbocycles. The van der Waals surface area contributed by atoms with Gasteiger partial charge in [0.25, 0.3) is 11.8 Å². The van der Waals surface area contributed by atoms with Crippen LogP contribution in [-0.4, -0.2) is 77.8 Å². The molecule has 2 amide bonds. The van der Waals surface area contributed by atoms with Crippen LogP contribution < -0.4 is 15.5 Å². The van der Waals surface area contributed by atoms with Gasteiger partial charge in [0.1, 0.15) is 5.69 Å². The molecule has 33 heavy (non-hydrogen) atoms. The number of aliphatic hydroxyl groups is 1. The highest BCUT2D eigenvalue weighted by atomic mass is 19.1. The zero-order valence-corrected chi connectivity index (χ0v) is 19.0. The molecular weight excluding hydrogens is 427 g/mol. The van der Waals surface area contributed by atoms with Crippen LogP contribution in [0.1, 0.15) is 46.3 Å². The van der Waals surface area contributed by atoms with E-state index in [-0.39, 0.29) is 17.6 Å². The second-order valence-corrected chi connectivity index (χ2v) is 8.20. The Morgan fingerprint density at radius 2 is 2.00 bits per heavy atom. The van der Waals surface area contributed by atoms with Crippen molar-refractivity contribution in [2.75, 3.05) is 50.0 Å². The highest BCUT2D eigenvalue weighted by molar-refractivity contribution is 6.01. The first-order chi connectivity index (χ1) is 15.8. The van der Waals surface area contributed by atoms with E-state index in [1.807, 2.05) is 24.0 Å². The summed E-state index contributed by atoms with van der Waals surface area (Å²) in [5, 5.41) is 15.6. The summed E-state index contributed by atoms with van der Waals surface area (Å²) in [5.74, 6) is -1.26. The Morgan fingerprint density at radius 1 is 1.27 bits per heavy atom. The van der Waals surface area contributed by atoms with Crippen molar-refractivity contribution in [1.82, 2.24) is 20.1 Å². The van der Waals surface area contributed by atoms with E-state index in [2.05, 4.69) is 27.4 Å². The van der Waals surface area contributed by atoms with E-state index in [1.165, 1.54) is 18.0 Å². The fourth-order valence-electron chi connectivity index (χ4n) is 4.41. The summed E-state index contributed by atoms with van der Waals surface area (Å²) < 4.78 is 14.5. The van der Waals surface area contributed by atoms with Crippen LogP contribution in [0, 0.1) is 5.95 Å². The molecule has 0 bridgehead atoms. The van der Waals surface area contributed by atoms with Crippen LogP contribution in [0.25, 0.3) is 0 Å². The number of aliphatic hydroxyl groups excluding tert-OH is 1. The van der Waals surface area contributed by atoms with Gasteiger partial charge in [-0.25, -0.2) is 4.98 Å². The maximum absolute atomic E-state index is 14.5. The van der Waals surface area contributed by atoms with E-state index in [0.29, 0.717) is 49.7 Å². The minimum absolute atomic E-state index is 0.0534. The summed E-state index contributed by atoms with van der Waals surface area (Å²) in [4.78, 5) is 33.6. The summed E-state index contributed by atoms with van der Waals surface area (Å²) in [6.45, 7) is 7.00. The highest BCUT2D eigenvalue weighted by Crippen LogP contribution is 2.31. The second kappa shape index (κ2) is 9.32. The lowest BCUT2D eigenvalue weighted by atomic mass is 10.0. The number of aromatic nitrogens is 1. The Kier molecular flexibility index (Phi) is 6.48. The van der Waals surface area contributed by atoms with Gasteiger partial charge < -0.3 is 20.6 Å². The van der Waals surface area contributed by atoms with Gasteiger partial charge in [-0.05, 0) is 43.7 Å². The number of hydrogen-bond donors (Lipinski definition) is 3. The van der Waals surface area contributed by atoms with Crippen LogP contribution in [0.2, 0.25) is 0 Å². The number of nitrogens with zero attached hydrogens (tertiary/aromatic N) is 4. The van der Waals surface area contributed by atoms with Crippen molar-refractivity contribution < 1.29 is 19.1 Å². The number of pyridine rings is 1. The van der Waals surface area contributed by atoms with Crippen LogP contribution in [-0.2, 0) is 0 Å². The zero-order chi connectivity index (χ0) is 23.7. The lowest BCUT2D eigenvalue weighted by Gasteiger charge is -2.39. The average Bonchev–Trinajstić information content (AvgIpc) is 2.83. The Bertz CT molecular complexity index is 1060. The molecular formula is C23H29FN6O3.